The highest BCUT2D eigenvalue weighted by atomic mass is 16.6. The molecule has 0 unspecified atom stereocenters. The fourth-order valence-electron chi connectivity index (χ4n) is 6.22. The molecule has 1 aliphatic rings. The molecule has 4 aromatic rings. The first-order chi connectivity index (χ1) is 23.1. The lowest BCUT2D eigenvalue weighted by Gasteiger charge is -2.30. The quantitative estimate of drug-likeness (QED) is 0.155. The average molecular weight is 648 g/mol. The summed E-state index contributed by atoms with van der Waals surface area (Å²) >= 11 is 0. The van der Waals surface area contributed by atoms with Gasteiger partial charge in [-0.1, -0.05) is 109 Å². The third-order valence-corrected chi connectivity index (χ3v) is 8.60. The Morgan fingerprint density at radius 3 is 1.81 bits per heavy atom. The predicted molar refractivity (Wildman–Crippen MR) is 188 cm³/mol. The fourth-order valence-corrected chi connectivity index (χ4v) is 6.22. The maximum absolute atomic E-state index is 13.7. The number of ether oxygens (including phenoxy) is 2. The number of carbonyl (C=O) groups is 3. The molecule has 2 N–H and O–H groups in total. The molecule has 0 radical (unpaired) electrons. The molecule has 8 heteroatoms. The molecule has 4 aromatic carbocycles. The van der Waals surface area contributed by atoms with E-state index in [0.29, 0.717) is 19.4 Å². The Morgan fingerprint density at radius 2 is 1.27 bits per heavy atom. The van der Waals surface area contributed by atoms with E-state index in [4.69, 9.17) is 9.47 Å². The van der Waals surface area contributed by atoms with Crippen LogP contribution in [-0.4, -0.2) is 61.4 Å². The van der Waals surface area contributed by atoms with Crippen LogP contribution in [0.5, 0.6) is 0 Å². The van der Waals surface area contributed by atoms with Crippen molar-refractivity contribution in [2.75, 3.05) is 26.7 Å². The van der Waals surface area contributed by atoms with Crippen LogP contribution in [-0.2, 0) is 14.3 Å². The first kappa shape index (κ1) is 34.2. The number of benzene rings is 4. The Hall–Kier alpha value is -5.11. The molecule has 0 saturated heterocycles. The number of carbonyl (C=O) groups excluding carboxylic acids is 3. The van der Waals surface area contributed by atoms with Crippen LogP contribution in [0.1, 0.15) is 67.7 Å². The molecule has 0 aliphatic heterocycles. The minimum atomic E-state index is -0.809. The van der Waals surface area contributed by atoms with E-state index in [0.717, 1.165) is 22.3 Å². The van der Waals surface area contributed by atoms with E-state index in [9.17, 15) is 14.4 Å². The van der Waals surface area contributed by atoms with Gasteiger partial charge in [0.25, 0.3) is 0 Å². The summed E-state index contributed by atoms with van der Waals surface area (Å²) in [6, 6.07) is 35.6. The van der Waals surface area contributed by atoms with E-state index in [-0.39, 0.29) is 30.9 Å². The number of alkyl carbamates (subject to hydrolysis) is 1. The largest absolute Gasteiger partial charge is 0.449 e. The number of rotatable bonds is 12. The van der Waals surface area contributed by atoms with Gasteiger partial charge in [-0.3, -0.25) is 9.69 Å². The molecule has 0 saturated carbocycles. The van der Waals surface area contributed by atoms with Crippen molar-refractivity contribution in [1.29, 1.82) is 0 Å². The van der Waals surface area contributed by atoms with Gasteiger partial charge >= 0.3 is 12.2 Å². The SMILES string of the molecule is CN(C(=O)OC(C)(C)C)[C@@H](CCCNC(=O)OCC1c2ccccc2-c2ccccc21)C(=O)NCC(c1ccccc1)c1ccccc1. The summed E-state index contributed by atoms with van der Waals surface area (Å²) in [6.07, 6.45) is -0.357. The summed E-state index contributed by atoms with van der Waals surface area (Å²) in [5, 5.41) is 5.92. The van der Waals surface area contributed by atoms with Gasteiger partial charge in [0.15, 0.2) is 0 Å². The molecule has 1 atom stereocenters. The normalized spacial score (nSPS) is 12.9. The standard InChI is InChI=1S/C40H45N3O5/c1-40(2,3)48-39(46)43(4)36(37(44)42-26-34(28-16-7-5-8-17-28)29-18-9-6-10-19-29)24-15-25-41-38(45)47-27-35-32-22-13-11-20-30(32)31-21-12-14-23-33(31)35/h5-14,16-23,34-36H,15,24-27H2,1-4H3,(H,41,45)(H,42,44)/t36-/m0/s1. The molecule has 3 amide bonds. The molecule has 0 heterocycles. The van der Waals surface area contributed by atoms with Crippen LogP contribution in [0.25, 0.3) is 11.1 Å². The molecule has 0 spiro atoms. The van der Waals surface area contributed by atoms with Gasteiger partial charge in [-0.05, 0) is 67.0 Å². The van der Waals surface area contributed by atoms with Gasteiger partial charge in [-0.2, -0.15) is 0 Å². The van der Waals surface area contributed by atoms with Gasteiger partial charge in [0, 0.05) is 32.0 Å². The van der Waals surface area contributed by atoms with Crippen LogP contribution in [0.2, 0.25) is 0 Å². The lowest BCUT2D eigenvalue weighted by molar-refractivity contribution is -0.126. The zero-order chi connectivity index (χ0) is 34.1. The van der Waals surface area contributed by atoms with Crippen molar-refractivity contribution in [3.63, 3.8) is 0 Å². The third kappa shape index (κ3) is 8.62. The van der Waals surface area contributed by atoms with Crippen LogP contribution in [0, 0.1) is 0 Å². The van der Waals surface area contributed by atoms with E-state index in [1.54, 1.807) is 27.8 Å². The fraction of sp³-hybridized carbons (Fsp3) is 0.325. The second-order valence-corrected chi connectivity index (χ2v) is 13.1. The Bertz CT molecular complexity index is 1600. The van der Waals surface area contributed by atoms with Gasteiger partial charge < -0.3 is 20.1 Å². The summed E-state index contributed by atoms with van der Waals surface area (Å²) in [6.45, 7) is 6.21. The first-order valence-electron chi connectivity index (χ1n) is 16.5. The smallest absolute Gasteiger partial charge is 0.410 e. The Balaban J connectivity index is 1.19. The molecule has 48 heavy (non-hydrogen) atoms. The second-order valence-electron chi connectivity index (χ2n) is 13.1. The molecule has 250 valence electrons. The van der Waals surface area contributed by atoms with Crippen molar-refractivity contribution in [1.82, 2.24) is 15.5 Å². The molecular weight excluding hydrogens is 602 g/mol. The summed E-state index contributed by atoms with van der Waals surface area (Å²) in [5.74, 6) is -0.394. The van der Waals surface area contributed by atoms with Crippen LogP contribution in [0.15, 0.2) is 109 Å². The summed E-state index contributed by atoms with van der Waals surface area (Å²) in [5.41, 5.74) is 6.06. The minimum absolute atomic E-state index is 0.0331. The van der Waals surface area contributed by atoms with Gasteiger partial charge in [0.1, 0.15) is 18.2 Å². The van der Waals surface area contributed by atoms with Crippen molar-refractivity contribution in [2.45, 2.75) is 57.1 Å². The molecular formula is C40H45N3O5. The average Bonchev–Trinajstić information content (AvgIpc) is 3.40. The lowest BCUT2D eigenvalue weighted by atomic mass is 9.91. The Kier molecular flexibility index (Phi) is 11.2. The highest BCUT2D eigenvalue weighted by molar-refractivity contribution is 5.85. The number of fused-ring (bicyclic) bond motifs is 3. The molecule has 5 rings (SSSR count). The van der Waals surface area contributed by atoms with Crippen molar-refractivity contribution in [3.05, 3.63) is 131 Å². The summed E-state index contributed by atoms with van der Waals surface area (Å²) in [7, 11) is 1.57. The number of likely N-dealkylation sites (N-methyl/N-ethyl adjacent to an activating group) is 1. The van der Waals surface area contributed by atoms with Crippen molar-refractivity contribution >= 4 is 18.1 Å². The second kappa shape index (κ2) is 15.7. The van der Waals surface area contributed by atoms with Crippen molar-refractivity contribution in [3.8, 4) is 11.1 Å². The number of nitrogens with one attached hydrogen (secondary N) is 2. The molecule has 0 aromatic heterocycles. The van der Waals surface area contributed by atoms with Crippen LogP contribution in [0.3, 0.4) is 0 Å². The topological polar surface area (TPSA) is 97.0 Å². The minimum Gasteiger partial charge on any atom is -0.449 e. The number of amides is 3. The van der Waals surface area contributed by atoms with Gasteiger partial charge in [-0.15, -0.1) is 0 Å². The monoisotopic (exact) mass is 647 g/mol. The molecule has 8 nitrogen and oxygen atoms in total. The molecule has 0 bridgehead atoms. The molecule has 1 aliphatic carbocycles. The summed E-state index contributed by atoms with van der Waals surface area (Å²) in [4.78, 5) is 40.9. The zero-order valence-corrected chi connectivity index (χ0v) is 28.1. The summed E-state index contributed by atoms with van der Waals surface area (Å²) < 4.78 is 11.3. The predicted octanol–water partition coefficient (Wildman–Crippen LogP) is 7.49. The van der Waals surface area contributed by atoms with Gasteiger partial charge in [0.05, 0.1) is 0 Å². The van der Waals surface area contributed by atoms with Crippen molar-refractivity contribution < 1.29 is 23.9 Å². The zero-order valence-electron chi connectivity index (χ0n) is 28.1. The van der Waals surface area contributed by atoms with Gasteiger partial charge in [-0.25, -0.2) is 9.59 Å². The van der Waals surface area contributed by atoms with E-state index >= 15 is 0 Å². The van der Waals surface area contributed by atoms with Crippen molar-refractivity contribution in [2.24, 2.45) is 0 Å². The number of nitrogens with zero attached hydrogens (tertiary/aromatic N) is 1. The van der Waals surface area contributed by atoms with Crippen LogP contribution < -0.4 is 10.6 Å². The first-order valence-corrected chi connectivity index (χ1v) is 16.5. The van der Waals surface area contributed by atoms with E-state index in [1.165, 1.54) is 16.0 Å². The van der Waals surface area contributed by atoms with E-state index < -0.39 is 23.8 Å². The highest BCUT2D eigenvalue weighted by Gasteiger charge is 2.31. The lowest BCUT2D eigenvalue weighted by Crippen LogP contribution is -2.50. The van der Waals surface area contributed by atoms with E-state index in [1.807, 2.05) is 84.9 Å². The van der Waals surface area contributed by atoms with E-state index in [2.05, 4.69) is 34.9 Å². The van der Waals surface area contributed by atoms with Crippen LogP contribution in [0.4, 0.5) is 9.59 Å². The highest BCUT2D eigenvalue weighted by Crippen LogP contribution is 2.44. The van der Waals surface area contributed by atoms with Gasteiger partial charge in [0.2, 0.25) is 5.91 Å². The maximum Gasteiger partial charge on any atom is 0.410 e. The van der Waals surface area contributed by atoms with Crippen LogP contribution >= 0.6 is 0 Å². The Labute approximate surface area is 283 Å². The Morgan fingerprint density at radius 1 is 0.750 bits per heavy atom. The molecule has 0 fully saturated rings. The number of hydrogen-bond acceptors (Lipinski definition) is 5. The number of hydrogen-bond donors (Lipinski definition) is 2. The third-order valence-electron chi connectivity index (χ3n) is 8.60. The maximum atomic E-state index is 13.7.